The first kappa shape index (κ1) is 12.9. The minimum Gasteiger partial charge on any atom is -0.334 e. The van der Waals surface area contributed by atoms with Crippen LogP contribution in [0.4, 0.5) is 5.69 Å². The lowest BCUT2D eigenvalue weighted by molar-refractivity contribution is -0.116. The normalized spacial score (nSPS) is 10.9. The fourth-order valence-corrected chi connectivity index (χ4v) is 2.81. The van der Waals surface area contributed by atoms with Crippen molar-refractivity contribution in [3.05, 3.63) is 46.8 Å². The van der Waals surface area contributed by atoms with Crippen LogP contribution in [0.3, 0.4) is 0 Å². The quantitative estimate of drug-likeness (QED) is 0.774. The van der Waals surface area contributed by atoms with Crippen molar-refractivity contribution in [3.8, 4) is 0 Å². The zero-order chi connectivity index (χ0) is 14.1. The van der Waals surface area contributed by atoms with Gasteiger partial charge in [0.1, 0.15) is 6.54 Å². The van der Waals surface area contributed by atoms with Gasteiger partial charge in [0, 0.05) is 27.3 Å². The van der Waals surface area contributed by atoms with E-state index in [1.165, 1.54) is 0 Å². The van der Waals surface area contributed by atoms with Crippen LogP contribution >= 0.6 is 15.9 Å². The average Bonchev–Trinajstić information content (AvgIpc) is 3.03. The molecule has 1 amide bonds. The van der Waals surface area contributed by atoms with Crippen LogP contribution in [0.2, 0.25) is 0 Å². The number of nitrogens with one attached hydrogen (secondary N) is 2. The van der Waals surface area contributed by atoms with Crippen LogP contribution in [0.15, 0.2) is 41.1 Å². The van der Waals surface area contributed by atoms with E-state index in [2.05, 4.69) is 31.4 Å². The predicted molar refractivity (Wildman–Crippen MR) is 81.6 cm³/mol. The number of H-pyrrole nitrogens is 1. The van der Waals surface area contributed by atoms with Gasteiger partial charge in [0.2, 0.25) is 5.91 Å². The van der Waals surface area contributed by atoms with Crippen molar-refractivity contribution in [2.24, 2.45) is 0 Å². The predicted octanol–water partition coefficient (Wildman–Crippen LogP) is 3.07. The summed E-state index contributed by atoms with van der Waals surface area (Å²) < 4.78 is 3.03. The highest BCUT2D eigenvalue weighted by atomic mass is 79.9. The summed E-state index contributed by atoms with van der Waals surface area (Å²) >= 11 is 3.58. The van der Waals surface area contributed by atoms with E-state index < -0.39 is 0 Å². The molecule has 0 saturated heterocycles. The van der Waals surface area contributed by atoms with Gasteiger partial charge in [-0.25, -0.2) is 0 Å². The SMILES string of the molecule is Cc1c(Br)c2ccccc2n1CC(=O)Nc1cn[nH]c1. The Balaban J connectivity index is 1.91. The van der Waals surface area contributed by atoms with Crippen molar-refractivity contribution in [2.75, 3.05) is 5.32 Å². The van der Waals surface area contributed by atoms with E-state index in [4.69, 9.17) is 0 Å². The Morgan fingerprint density at radius 2 is 2.25 bits per heavy atom. The highest BCUT2D eigenvalue weighted by Crippen LogP contribution is 2.30. The molecular formula is C14H13BrN4O. The molecule has 3 rings (SSSR count). The molecule has 0 fully saturated rings. The van der Waals surface area contributed by atoms with E-state index in [1.54, 1.807) is 12.4 Å². The van der Waals surface area contributed by atoms with Gasteiger partial charge in [0.15, 0.2) is 0 Å². The van der Waals surface area contributed by atoms with E-state index >= 15 is 0 Å². The van der Waals surface area contributed by atoms with Crippen molar-refractivity contribution in [3.63, 3.8) is 0 Å². The third-order valence-electron chi connectivity index (χ3n) is 3.24. The van der Waals surface area contributed by atoms with E-state index in [0.29, 0.717) is 5.69 Å². The van der Waals surface area contributed by atoms with Crippen LogP contribution in [0.1, 0.15) is 5.69 Å². The summed E-state index contributed by atoms with van der Waals surface area (Å²) in [4.78, 5) is 12.1. The van der Waals surface area contributed by atoms with Crippen molar-refractivity contribution in [1.82, 2.24) is 14.8 Å². The number of rotatable bonds is 3. The number of nitrogens with zero attached hydrogens (tertiary/aromatic N) is 2. The number of hydrogen-bond donors (Lipinski definition) is 2. The maximum absolute atomic E-state index is 12.1. The van der Waals surface area contributed by atoms with Crippen LogP contribution in [0.5, 0.6) is 0 Å². The number of aromatic nitrogens is 3. The smallest absolute Gasteiger partial charge is 0.244 e. The number of anilines is 1. The number of carbonyl (C=O) groups is 1. The number of halogens is 1. The second-order valence-corrected chi connectivity index (χ2v) is 5.33. The van der Waals surface area contributed by atoms with Gasteiger partial charge in [-0.3, -0.25) is 9.89 Å². The molecular weight excluding hydrogens is 320 g/mol. The standard InChI is InChI=1S/C14H13BrN4O/c1-9-14(15)11-4-2-3-5-12(11)19(9)8-13(20)18-10-6-16-17-7-10/h2-7H,8H2,1H3,(H,16,17)(H,18,20). The molecule has 0 saturated carbocycles. The molecule has 0 atom stereocenters. The monoisotopic (exact) mass is 332 g/mol. The lowest BCUT2D eigenvalue weighted by Gasteiger charge is -2.08. The molecule has 0 aliphatic heterocycles. The van der Waals surface area contributed by atoms with Gasteiger partial charge in [-0.15, -0.1) is 0 Å². The molecule has 3 aromatic rings. The summed E-state index contributed by atoms with van der Waals surface area (Å²) in [6, 6.07) is 8.01. The van der Waals surface area contributed by atoms with Crippen LogP contribution in [0.25, 0.3) is 10.9 Å². The molecule has 2 heterocycles. The molecule has 2 aromatic heterocycles. The minimum absolute atomic E-state index is 0.0808. The maximum atomic E-state index is 12.1. The molecule has 0 unspecified atom stereocenters. The van der Waals surface area contributed by atoms with Crippen LogP contribution < -0.4 is 5.32 Å². The Bertz CT molecular complexity index is 761. The van der Waals surface area contributed by atoms with E-state index in [-0.39, 0.29) is 12.5 Å². The van der Waals surface area contributed by atoms with Gasteiger partial charge in [0.25, 0.3) is 0 Å². The maximum Gasteiger partial charge on any atom is 0.244 e. The molecule has 6 heteroatoms. The Kier molecular flexibility index (Phi) is 3.31. The second-order valence-electron chi connectivity index (χ2n) is 4.54. The van der Waals surface area contributed by atoms with Gasteiger partial charge < -0.3 is 9.88 Å². The van der Waals surface area contributed by atoms with Crippen LogP contribution in [-0.4, -0.2) is 20.7 Å². The first-order valence-corrected chi connectivity index (χ1v) is 6.98. The number of benzene rings is 1. The molecule has 1 aromatic carbocycles. The third kappa shape index (κ3) is 2.22. The second kappa shape index (κ2) is 5.13. The minimum atomic E-state index is -0.0808. The summed E-state index contributed by atoms with van der Waals surface area (Å²) in [7, 11) is 0. The van der Waals surface area contributed by atoms with Gasteiger partial charge in [-0.2, -0.15) is 5.10 Å². The first-order valence-electron chi connectivity index (χ1n) is 6.19. The number of para-hydroxylation sites is 1. The Labute approximate surface area is 124 Å². The fourth-order valence-electron chi connectivity index (χ4n) is 2.26. The topological polar surface area (TPSA) is 62.7 Å². The first-order chi connectivity index (χ1) is 9.66. The van der Waals surface area contributed by atoms with Gasteiger partial charge in [0.05, 0.1) is 11.9 Å². The van der Waals surface area contributed by atoms with Gasteiger partial charge >= 0.3 is 0 Å². The van der Waals surface area contributed by atoms with Crippen LogP contribution in [0, 0.1) is 6.92 Å². The van der Waals surface area contributed by atoms with Gasteiger partial charge in [-0.1, -0.05) is 18.2 Å². The fraction of sp³-hybridized carbons (Fsp3) is 0.143. The van der Waals surface area contributed by atoms with Crippen molar-refractivity contribution >= 4 is 38.4 Å². The highest BCUT2D eigenvalue weighted by Gasteiger charge is 2.14. The van der Waals surface area contributed by atoms with E-state index in [0.717, 1.165) is 21.1 Å². The zero-order valence-corrected chi connectivity index (χ0v) is 12.4. The molecule has 0 bridgehead atoms. The summed E-state index contributed by atoms with van der Waals surface area (Å²) in [5, 5.41) is 10.4. The molecule has 0 spiro atoms. The number of amides is 1. The van der Waals surface area contributed by atoms with Crippen molar-refractivity contribution < 1.29 is 4.79 Å². The molecule has 0 aliphatic carbocycles. The molecule has 20 heavy (non-hydrogen) atoms. The Morgan fingerprint density at radius 1 is 1.45 bits per heavy atom. The van der Waals surface area contributed by atoms with Gasteiger partial charge in [-0.05, 0) is 28.9 Å². The summed E-state index contributed by atoms with van der Waals surface area (Å²) in [5.41, 5.74) is 2.75. The Morgan fingerprint density at radius 3 is 3.00 bits per heavy atom. The largest absolute Gasteiger partial charge is 0.334 e. The van der Waals surface area contributed by atoms with Crippen LogP contribution in [-0.2, 0) is 11.3 Å². The third-order valence-corrected chi connectivity index (χ3v) is 4.24. The lowest BCUT2D eigenvalue weighted by atomic mass is 10.2. The molecule has 5 nitrogen and oxygen atoms in total. The lowest BCUT2D eigenvalue weighted by Crippen LogP contribution is -2.19. The van der Waals surface area contributed by atoms with E-state index in [1.807, 2.05) is 35.8 Å². The zero-order valence-electron chi connectivity index (χ0n) is 10.9. The number of fused-ring (bicyclic) bond motifs is 1. The highest BCUT2D eigenvalue weighted by molar-refractivity contribution is 9.10. The molecule has 0 aliphatic rings. The molecule has 2 N–H and O–H groups in total. The van der Waals surface area contributed by atoms with E-state index in [9.17, 15) is 4.79 Å². The average molecular weight is 333 g/mol. The Hall–Kier alpha value is -2.08. The number of hydrogen-bond acceptors (Lipinski definition) is 2. The number of carbonyl (C=O) groups excluding carboxylic acids is 1. The number of aromatic amines is 1. The van der Waals surface area contributed by atoms with Crippen molar-refractivity contribution in [1.29, 1.82) is 0 Å². The molecule has 102 valence electrons. The summed E-state index contributed by atoms with van der Waals surface area (Å²) in [5.74, 6) is -0.0808. The van der Waals surface area contributed by atoms with Crippen molar-refractivity contribution in [2.45, 2.75) is 13.5 Å². The molecule has 0 radical (unpaired) electrons. The summed E-state index contributed by atoms with van der Waals surface area (Å²) in [6.07, 6.45) is 3.23. The summed E-state index contributed by atoms with van der Waals surface area (Å²) in [6.45, 7) is 2.26.